The Morgan fingerprint density at radius 2 is 1.88 bits per heavy atom. The van der Waals surface area contributed by atoms with Crippen LogP contribution < -0.4 is 10.7 Å². The number of nitro groups is 1. The lowest BCUT2D eigenvalue weighted by atomic mass is 10.2. The third kappa shape index (κ3) is 5.91. The zero-order valence-corrected chi connectivity index (χ0v) is 17.3. The molecule has 2 N–H and O–H groups in total. The highest BCUT2D eigenvalue weighted by molar-refractivity contribution is 9.11. The molecule has 0 aliphatic carbocycles. The van der Waals surface area contributed by atoms with E-state index >= 15 is 0 Å². The first-order valence-electron chi connectivity index (χ1n) is 6.81. The molecule has 0 aromatic heterocycles. The van der Waals surface area contributed by atoms with Gasteiger partial charge in [0.2, 0.25) is 0 Å². The van der Waals surface area contributed by atoms with E-state index in [2.05, 4.69) is 63.6 Å². The molecule has 1 amide bonds. The molecule has 2 rings (SSSR count). The second-order valence-corrected chi connectivity index (χ2v) is 7.37. The molecular formula is C15H11Br3N4O3. The average molecular weight is 535 g/mol. The molecule has 0 heterocycles. The summed E-state index contributed by atoms with van der Waals surface area (Å²) in [6, 6.07) is 9.65. The molecule has 0 saturated carbocycles. The molecule has 0 spiro atoms. The van der Waals surface area contributed by atoms with Gasteiger partial charge in [0.15, 0.2) is 0 Å². The number of amides is 1. The number of anilines is 1. The van der Waals surface area contributed by atoms with E-state index in [4.69, 9.17) is 0 Å². The van der Waals surface area contributed by atoms with Crippen LogP contribution in [0.1, 0.15) is 5.56 Å². The number of non-ortho nitro benzene ring substituents is 1. The van der Waals surface area contributed by atoms with Gasteiger partial charge in [-0.25, -0.2) is 5.43 Å². The van der Waals surface area contributed by atoms with Gasteiger partial charge >= 0.3 is 0 Å². The molecule has 0 saturated heterocycles. The molecular weight excluding hydrogens is 524 g/mol. The smallest absolute Gasteiger partial charge is 0.270 e. The third-order valence-electron chi connectivity index (χ3n) is 2.92. The van der Waals surface area contributed by atoms with Gasteiger partial charge in [-0.2, -0.15) is 5.10 Å². The fourth-order valence-corrected chi connectivity index (χ4v) is 4.36. The van der Waals surface area contributed by atoms with Crippen LogP contribution in [0.4, 0.5) is 11.4 Å². The fourth-order valence-electron chi connectivity index (χ4n) is 1.82. The third-order valence-corrected chi connectivity index (χ3v) is 4.63. The SMILES string of the molecule is O=C(CNc1c(Br)cc(Br)cc1Br)N/N=C/c1cccc([N+](=O)[O-])c1. The van der Waals surface area contributed by atoms with Gasteiger partial charge in [0.25, 0.3) is 11.6 Å². The van der Waals surface area contributed by atoms with Gasteiger partial charge in [-0.15, -0.1) is 0 Å². The molecule has 0 atom stereocenters. The molecule has 2 aromatic rings. The number of hydrogen-bond acceptors (Lipinski definition) is 5. The van der Waals surface area contributed by atoms with Crippen LogP contribution >= 0.6 is 47.8 Å². The van der Waals surface area contributed by atoms with Crippen molar-refractivity contribution in [2.24, 2.45) is 5.10 Å². The maximum atomic E-state index is 11.8. The first-order valence-corrected chi connectivity index (χ1v) is 9.19. The Bertz CT molecular complexity index is 820. The predicted molar refractivity (Wildman–Crippen MR) is 107 cm³/mol. The molecule has 0 fully saturated rings. The second kappa shape index (κ2) is 9.07. The topological polar surface area (TPSA) is 96.6 Å². The zero-order valence-electron chi connectivity index (χ0n) is 12.5. The van der Waals surface area contributed by atoms with E-state index in [-0.39, 0.29) is 18.1 Å². The van der Waals surface area contributed by atoms with Crippen molar-refractivity contribution in [1.29, 1.82) is 0 Å². The van der Waals surface area contributed by atoms with Crippen molar-refractivity contribution < 1.29 is 9.72 Å². The summed E-state index contributed by atoms with van der Waals surface area (Å²) in [7, 11) is 0. The van der Waals surface area contributed by atoms with Crippen LogP contribution in [0.25, 0.3) is 0 Å². The lowest BCUT2D eigenvalue weighted by Gasteiger charge is -2.10. The van der Waals surface area contributed by atoms with Gasteiger partial charge in [-0.3, -0.25) is 14.9 Å². The van der Waals surface area contributed by atoms with Crippen molar-refractivity contribution in [2.75, 3.05) is 11.9 Å². The number of rotatable bonds is 6. The Kier molecular flexibility index (Phi) is 7.09. The summed E-state index contributed by atoms with van der Waals surface area (Å²) in [4.78, 5) is 22.0. The normalized spacial score (nSPS) is 10.7. The number of nitrogens with one attached hydrogen (secondary N) is 2. The summed E-state index contributed by atoms with van der Waals surface area (Å²) in [5.41, 5.74) is 3.57. The summed E-state index contributed by atoms with van der Waals surface area (Å²) >= 11 is 10.2. The molecule has 0 bridgehead atoms. The van der Waals surface area contributed by atoms with Crippen LogP contribution in [0.2, 0.25) is 0 Å². The molecule has 0 radical (unpaired) electrons. The van der Waals surface area contributed by atoms with Crippen LogP contribution in [0.3, 0.4) is 0 Å². The van der Waals surface area contributed by atoms with E-state index < -0.39 is 4.92 Å². The molecule has 2 aromatic carbocycles. The number of hydrazone groups is 1. The van der Waals surface area contributed by atoms with Crippen LogP contribution in [0.15, 0.2) is 54.9 Å². The molecule has 25 heavy (non-hydrogen) atoms. The van der Waals surface area contributed by atoms with Crippen molar-refractivity contribution >= 4 is 71.3 Å². The number of nitro benzene ring substituents is 1. The number of halogens is 3. The van der Waals surface area contributed by atoms with E-state index in [9.17, 15) is 14.9 Å². The monoisotopic (exact) mass is 532 g/mol. The number of nitrogens with zero attached hydrogens (tertiary/aromatic N) is 2. The Hall–Kier alpha value is -1.78. The molecule has 10 heteroatoms. The number of benzene rings is 2. The predicted octanol–water partition coefficient (Wildman–Crippen LogP) is 4.44. The Morgan fingerprint density at radius 1 is 1.20 bits per heavy atom. The van der Waals surface area contributed by atoms with Crippen LogP contribution in [-0.2, 0) is 4.79 Å². The highest BCUT2D eigenvalue weighted by Crippen LogP contribution is 2.34. The van der Waals surface area contributed by atoms with E-state index in [0.29, 0.717) is 5.56 Å². The molecule has 7 nitrogen and oxygen atoms in total. The number of carbonyl (C=O) groups is 1. The lowest BCUT2D eigenvalue weighted by molar-refractivity contribution is -0.384. The molecule has 0 aliphatic heterocycles. The Labute approximate surface area is 168 Å². The first-order chi connectivity index (χ1) is 11.9. The standard InChI is InChI=1S/C15H11Br3N4O3/c16-10-5-12(17)15(13(18)6-10)19-8-14(23)21-20-7-9-2-1-3-11(4-9)22(24)25/h1-7,19H,8H2,(H,21,23)/b20-7+. The van der Waals surface area contributed by atoms with Crippen LogP contribution in [0.5, 0.6) is 0 Å². The van der Waals surface area contributed by atoms with Gasteiger partial charge in [0.1, 0.15) is 0 Å². The van der Waals surface area contributed by atoms with Crippen LogP contribution in [-0.4, -0.2) is 23.6 Å². The summed E-state index contributed by atoms with van der Waals surface area (Å²) in [5.74, 6) is -0.358. The maximum Gasteiger partial charge on any atom is 0.270 e. The highest BCUT2D eigenvalue weighted by Gasteiger charge is 2.08. The minimum atomic E-state index is -0.492. The Balaban J connectivity index is 1.91. The van der Waals surface area contributed by atoms with Gasteiger partial charge in [-0.1, -0.05) is 28.1 Å². The summed E-state index contributed by atoms with van der Waals surface area (Å²) in [6.45, 7) is 0.00507. The molecule has 0 aliphatic rings. The highest BCUT2D eigenvalue weighted by atomic mass is 79.9. The van der Waals surface area contributed by atoms with Gasteiger partial charge in [-0.05, 0) is 44.0 Å². The van der Waals surface area contributed by atoms with Gasteiger partial charge in [0.05, 0.1) is 23.4 Å². The quantitative estimate of drug-likeness (QED) is 0.325. The van der Waals surface area contributed by atoms with Crippen molar-refractivity contribution in [1.82, 2.24) is 5.43 Å². The van der Waals surface area contributed by atoms with Crippen molar-refractivity contribution in [3.63, 3.8) is 0 Å². The zero-order chi connectivity index (χ0) is 18.4. The largest absolute Gasteiger partial charge is 0.374 e. The average Bonchev–Trinajstić information content (AvgIpc) is 2.54. The van der Waals surface area contributed by atoms with Gasteiger partial charge < -0.3 is 5.32 Å². The maximum absolute atomic E-state index is 11.8. The minimum absolute atomic E-state index is 0.00507. The number of hydrogen-bond donors (Lipinski definition) is 2. The lowest BCUT2D eigenvalue weighted by Crippen LogP contribution is -2.26. The van der Waals surface area contributed by atoms with Gasteiger partial charge in [0, 0.05) is 31.1 Å². The molecule has 0 unspecified atom stereocenters. The van der Waals surface area contributed by atoms with Crippen molar-refractivity contribution in [2.45, 2.75) is 0 Å². The van der Waals surface area contributed by atoms with E-state index in [0.717, 1.165) is 19.1 Å². The minimum Gasteiger partial charge on any atom is -0.374 e. The summed E-state index contributed by atoms with van der Waals surface area (Å²) < 4.78 is 2.48. The van der Waals surface area contributed by atoms with E-state index in [1.807, 2.05) is 12.1 Å². The molecule has 130 valence electrons. The van der Waals surface area contributed by atoms with Crippen molar-refractivity contribution in [3.8, 4) is 0 Å². The van der Waals surface area contributed by atoms with Crippen molar-refractivity contribution in [3.05, 3.63) is 65.5 Å². The number of carbonyl (C=O) groups excluding carboxylic acids is 1. The second-order valence-electron chi connectivity index (χ2n) is 4.74. The van der Waals surface area contributed by atoms with E-state index in [1.54, 1.807) is 12.1 Å². The first kappa shape index (κ1) is 19.5. The summed E-state index contributed by atoms with van der Waals surface area (Å²) in [5, 5.41) is 17.5. The van der Waals surface area contributed by atoms with E-state index in [1.165, 1.54) is 18.3 Å². The fraction of sp³-hybridized carbons (Fsp3) is 0.0667. The summed E-state index contributed by atoms with van der Waals surface area (Å²) in [6.07, 6.45) is 1.34. The Morgan fingerprint density at radius 3 is 2.52 bits per heavy atom. The van der Waals surface area contributed by atoms with Crippen LogP contribution in [0, 0.1) is 10.1 Å².